The highest BCUT2D eigenvalue weighted by Gasteiger charge is 2.13. The number of methoxy groups -OCH3 is 1. The number of carbonyl (C=O) groups excluding carboxylic acids is 1. The third-order valence-electron chi connectivity index (χ3n) is 1.78. The zero-order chi connectivity index (χ0) is 10.0. The number of aryl methyl sites for hydroxylation is 1. The van der Waals surface area contributed by atoms with Crippen molar-refractivity contribution in [2.75, 3.05) is 7.11 Å². The maximum Gasteiger partial charge on any atom is 0.175 e. The molecule has 1 rings (SSSR count). The van der Waals surface area contributed by atoms with E-state index in [1.165, 1.54) is 7.11 Å². The molecule has 0 aliphatic heterocycles. The van der Waals surface area contributed by atoms with Crippen LogP contribution in [0.4, 0.5) is 0 Å². The molecular formula is C9H9BrO3. The molecule has 0 fully saturated rings. The lowest BCUT2D eigenvalue weighted by molar-refractivity contribution is 0.111. The first kappa shape index (κ1) is 10.1. The highest BCUT2D eigenvalue weighted by atomic mass is 79.9. The van der Waals surface area contributed by atoms with E-state index in [0.717, 1.165) is 0 Å². The Hall–Kier alpha value is -1.03. The molecule has 1 aromatic carbocycles. The third kappa shape index (κ3) is 1.67. The van der Waals surface area contributed by atoms with Crippen molar-refractivity contribution in [3.05, 3.63) is 21.7 Å². The number of halogens is 1. The summed E-state index contributed by atoms with van der Waals surface area (Å²) < 4.78 is 5.55. The molecule has 0 spiro atoms. The van der Waals surface area contributed by atoms with Gasteiger partial charge < -0.3 is 9.84 Å². The maximum absolute atomic E-state index is 10.6. The lowest BCUT2D eigenvalue weighted by Gasteiger charge is -2.09. The van der Waals surface area contributed by atoms with E-state index in [4.69, 9.17) is 4.74 Å². The Morgan fingerprint density at radius 3 is 2.69 bits per heavy atom. The van der Waals surface area contributed by atoms with E-state index in [1.807, 2.05) is 0 Å². The van der Waals surface area contributed by atoms with Gasteiger partial charge >= 0.3 is 0 Å². The van der Waals surface area contributed by atoms with Gasteiger partial charge in [0.15, 0.2) is 17.8 Å². The van der Waals surface area contributed by atoms with E-state index in [0.29, 0.717) is 16.3 Å². The quantitative estimate of drug-likeness (QED) is 0.813. The van der Waals surface area contributed by atoms with Crippen molar-refractivity contribution < 1.29 is 14.6 Å². The van der Waals surface area contributed by atoms with Crippen molar-refractivity contribution >= 4 is 22.2 Å². The minimum absolute atomic E-state index is 0.121. The second kappa shape index (κ2) is 3.79. The summed E-state index contributed by atoms with van der Waals surface area (Å²) in [5.74, 6) is 0.164. The molecule has 0 aromatic heterocycles. The van der Waals surface area contributed by atoms with Crippen LogP contribution in [0.25, 0.3) is 0 Å². The number of phenolic OH excluding ortho intramolecular Hbond substituents is 1. The number of benzene rings is 1. The molecule has 0 aliphatic carbocycles. The first-order valence-corrected chi connectivity index (χ1v) is 4.42. The molecule has 0 saturated carbocycles. The van der Waals surface area contributed by atoms with Crippen LogP contribution in [0, 0.1) is 6.92 Å². The topological polar surface area (TPSA) is 46.5 Å². The average Bonchev–Trinajstić information content (AvgIpc) is 2.04. The highest BCUT2D eigenvalue weighted by Crippen LogP contribution is 2.38. The third-order valence-corrected chi connectivity index (χ3v) is 2.37. The molecule has 0 amide bonds. The zero-order valence-corrected chi connectivity index (χ0v) is 8.88. The Morgan fingerprint density at radius 1 is 1.62 bits per heavy atom. The molecular weight excluding hydrogens is 236 g/mol. The molecule has 0 saturated heterocycles. The van der Waals surface area contributed by atoms with Gasteiger partial charge in [-0.3, -0.25) is 4.79 Å². The Bertz CT molecular complexity index is 347. The average molecular weight is 245 g/mol. The van der Waals surface area contributed by atoms with Gasteiger partial charge in [-0.2, -0.15) is 0 Å². The van der Waals surface area contributed by atoms with Crippen LogP contribution in [0.15, 0.2) is 10.5 Å². The van der Waals surface area contributed by atoms with Crippen LogP contribution >= 0.6 is 15.9 Å². The van der Waals surface area contributed by atoms with Crippen LogP contribution in [-0.4, -0.2) is 18.5 Å². The second-order valence-corrected chi connectivity index (χ2v) is 3.44. The van der Waals surface area contributed by atoms with Crippen LogP contribution in [0.2, 0.25) is 0 Å². The normalized spacial score (nSPS) is 9.77. The molecule has 70 valence electrons. The molecule has 0 unspecified atom stereocenters. The lowest BCUT2D eigenvalue weighted by atomic mass is 10.1. The minimum Gasteiger partial charge on any atom is -0.504 e. The molecule has 3 nitrogen and oxygen atoms in total. The molecule has 0 atom stereocenters. The van der Waals surface area contributed by atoms with Gasteiger partial charge in [0.25, 0.3) is 0 Å². The van der Waals surface area contributed by atoms with Crippen molar-refractivity contribution in [1.29, 1.82) is 0 Å². The van der Waals surface area contributed by atoms with E-state index >= 15 is 0 Å². The van der Waals surface area contributed by atoms with Gasteiger partial charge in [0, 0.05) is 0 Å². The van der Waals surface area contributed by atoms with Crippen molar-refractivity contribution in [2.45, 2.75) is 6.92 Å². The fraction of sp³-hybridized carbons (Fsp3) is 0.222. The van der Waals surface area contributed by atoms with E-state index in [9.17, 15) is 9.90 Å². The van der Waals surface area contributed by atoms with Crippen molar-refractivity contribution in [3.63, 3.8) is 0 Å². The summed E-state index contributed by atoms with van der Waals surface area (Å²) in [5, 5.41) is 9.56. The molecule has 0 aliphatic rings. The predicted octanol–water partition coefficient (Wildman–Crippen LogP) is 2.28. The van der Waals surface area contributed by atoms with Gasteiger partial charge in [0.05, 0.1) is 17.1 Å². The Morgan fingerprint density at radius 2 is 2.23 bits per heavy atom. The van der Waals surface area contributed by atoms with Crippen LogP contribution in [0.1, 0.15) is 15.9 Å². The SMILES string of the molecule is COc1c(Br)cc(C)c(C=O)c1O. The summed E-state index contributed by atoms with van der Waals surface area (Å²) in [6.45, 7) is 1.74. The van der Waals surface area contributed by atoms with E-state index in [2.05, 4.69) is 15.9 Å². The summed E-state index contributed by atoms with van der Waals surface area (Å²) in [6.07, 6.45) is 0.611. The molecule has 0 radical (unpaired) electrons. The predicted molar refractivity (Wildman–Crippen MR) is 52.5 cm³/mol. The molecule has 0 heterocycles. The smallest absolute Gasteiger partial charge is 0.175 e. The summed E-state index contributed by atoms with van der Waals surface area (Å²) in [6, 6.07) is 1.72. The molecule has 1 aromatic rings. The van der Waals surface area contributed by atoms with Crippen molar-refractivity contribution in [3.8, 4) is 11.5 Å². The number of hydrogen-bond acceptors (Lipinski definition) is 3. The van der Waals surface area contributed by atoms with Gasteiger partial charge in [0.2, 0.25) is 0 Å². The van der Waals surface area contributed by atoms with Crippen LogP contribution in [0.5, 0.6) is 11.5 Å². The first-order valence-electron chi connectivity index (χ1n) is 3.63. The number of aromatic hydroxyl groups is 1. The number of rotatable bonds is 2. The summed E-state index contributed by atoms with van der Waals surface area (Å²) in [5.41, 5.74) is 0.972. The Balaban J connectivity index is 3.47. The zero-order valence-electron chi connectivity index (χ0n) is 7.30. The monoisotopic (exact) mass is 244 g/mol. The van der Waals surface area contributed by atoms with Gasteiger partial charge in [0.1, 0.15) is 0 Å². The fourth-order valence-electron chi connectivity index (χ4n) is 1.10. The van der Waals surface area contributed by atoms with Crippen LogP contribution in [0.3, 0.4) is 0 Å². The minimum atomic E-state index is -0.121. The van der Waals surface area contributed by atoms with E-state index in [-0.39, 0.29) is 17.1 Å². The van der Waals surface area contributed by atoms with Crippen molar-refractivity contribution in [2.24, 2.45) is 0 Å². The maximum atomic E-state index is 10.6. The Labute approximate surface area is 84.5 Å². The van der Waals surface area contributed by atoms with Crippen molar-refractivity contribution in [1.82, 2.24) is 0 Å². The number of carbonyl (C=O) groups is 1. The second-order valence-electron chi connectivity index (χ2n) is 2.59. The van der Waals surface area contributed by atoms with E-state index in [1.54, 1.807) is 13.0 Å². The molecule has 4 heteroatoms. The van der Waals surface area contributed by atoms with Gasteiger partial charge in [-0.15, -0.1) is 0 Å². The molecule has 1 N–H and O–H groups in total. The number of ether oxygens (including phenoxy) is 1. The standard InChI is InChI=1S/C9H9BrO3/c1-5-3-7(10)9(13-2)8(12)6(5)4-11/h3-4,12H,1-2H3. The number of phenols is 1. The highest BCUT2D eigenvalue weighted by molar-refractivity contribution is 9.10. The summed E-state index contributed by atoms with van der Waals surface area (Å²) in [4.78, 5) is 10.6. The molecule has 13 heavy (non-hydrogen) atoms. The summed E-state index contributed by atoms with van der Waals surface area (Å²) in [7, 11) is 1.43. The number of aldehydes is 1. The van der Waals surface area contributed by atoms with E-state index < -0.39 is 0 Å². The largest absolute Gasteiger partial charge is 0.504 e. The van der Waals surface area contributed by atoms with Gasteiger partial charge in [-0.25, -0.2) is 0 Å². The van der Waals surface area contributed by atoms with Crippen LogP contribution < -0.4 is 4.74 Å². The van der Waals surface area contributed by atoms with Gasteiger partial charge in [-0.05, 0) is 34.5 Å². The number of hydrogen-bond donors (Lipinski definition) is 1. The molecule has 0 bridgehead atoms. The van der Waals surface area contributed by atoms with Crippen LogP contribution in [-0.2, 0) is 0 Å². The summed E-state index contributed by atoms with van der Waals surface area (Å²) >= 11 is 3.22. The lowest BCUT2D eigenvalue weighted by Crippen LogP contribution is -1.93. The Kier molecular flexibility index (Phi) is 2.93. The first-order chi connectivity index (χ1) is 6.11. The van der Waals surface area contributed by atoms with Gasteiger partial charge in [-0.1, -0.05) is 0 Å². The fourth-order valence-corrected chi connectivity index (χ4v) is 1.79.